The van der Waals surface area contributed by atoms with Crippen LogP contribution in [0.3, 0.4) is 0 Å². The lowest BCUT2D eigenvalue weighted by atomic mass is 10.5. The van der Waals surface area contributed by atoms with Gasteiger partial charge in [0.05, 0.1) is 11.9 Å². The Hall–Kier alpha value is -0.680. The van der Waals surface area contributed by atoms with E-state index in [1.807, 2.05) is 0 Å². The minimum absolute atomic E-state index is 0.0401. The van der Waals surface area contributed by atoms with Gasteiger partial charge in [-0.25, -0.2) is 18.4 Å². The van der Waals surface area contributed by atoms with Crippen LogP contribution in [-0.2, 0) is 9.05 Å². The van der Waals surface area contributed by atoms with Crippen LogP contribution in [0.25, 0.3) is 0 Å². The quantitative estimate of drug-likeness (QED) is 0.615. The molecule has 0 unspecified atom stereocenters. The lowest BCUT2D eigenvalue weighted by Gasteiger charge is -1.96. The summed E-state index contributed by atoms with van der Waals surface area (Å²) in [5.74, 6) is 0. The van der Waals surface area contributed by atoms with Crippen molar-refractivity contribution in [3.8, 4) is 0 Å². The summed E-state index contributed by atoms with van der Waals surface area (Å²) < 4.78 is 21.5. The first-order chi connectivity index (χ1) is 5.02. The van der Waals surface area contributed by atoms with Crippen molar-refractivity contribution in [2.75, 3.05) is 0 Å². The average molecular weight is 193 g/mol. The smallest absolute Gasteiger partial charge is 0.243 e. The highest BCUT2D eigenvalue weighted by atomic mass is 35.7. The molecule has 0 aliphatic heterocycles. The molecule has 0 radical (unpaired) electrons. The summed E-state index contributed by atoms with van der Waals surface area (Å²) in [5.41, 5.74) is 0.356. The van der Waals surface area contributed by atoms with Gasteiger partial charge in [0.15, 0.2) is 0 Å². The van der Waals surface area contributed by atoms with Crippen molar-refractivity contribution in [2.45, 2.75) is 11.8 Å². The van der Waals surface area contributed by atoms with Gasteiger partial charge in [-0.15, -0.1) is 0 Å². The monoisotopic (exact) mass is 192 g/mol. The average Bonchev–Trinajstić information content (AvgIpc) is 1.86. The van der Waals surface area contributed by atoms with Crippen LogP contribution in [0, 0.1) is 6.92 Å². The molecule has 0 atom stereocenters. The van der Waals surface area contributed by atoms with Gasteiger partial charge < -0.3 is 0 Å². The highest BCUT2D eigenvalue weighted by molar-refractivity contribution is 8.13. The van der Waals surface area contributed by atoms with Crippen molar-refractivity contribution in [2.24, 2.45) is 0 Å². The minimum Gasteiger partial charge on any atom is -0.243 e. The number of nitrogens with zero attached hydrogens (tertiary/aromatic N) is 2. The number of aromatic nitrogens is 2. The van der Waals surface area contributed by atoms with Gasteiger partial charge >= 0.3 is 0 Å². The number of rotatable bonds is 1. The first kappa shape index (κ1) is 8.42. The third-order valence-corrected chi connectivity index (χ3v) is 2.55. The van der Waals surface area contributed by atoms with E-state index >= 15 is 0 Å². The summed E-state index contributed by atoms with van der Waals surface area (Å²) in [7, 11) is 1.37. The van der Waals surface area contributed by atoms with Gasteiger partial charge in [0.25, 0.3) is 9.05 Å². The number of hydrogen-bond donors (Lipinski definition) is 0. The Morgan fingerprint density at radius 1 is 1.55 bits per heavy atom. The molecular formula is C5H5ClN2O2S. The topological polar surface area (TPSA) is 59.9 Å². The summed E-state index contributed by atoms with van der Waals surface area (Å²) in [6.07, 6.45) is 2.44. The predicted octanol–water partition coefficient (Wildman–Crippen LogP) is 0.713. The fraction of sp³-hybridized carbons (Fsp3) is 0.200. The molecule has 11 heavy (non-hydrogen) atoms. The van der Waals surface area contributed by atoms with Crippen LogP contribution < -0.4 is 0 Å². The van der Waals surface area contributed by atoms with E-state index in [2.05, 4.69) is 9.97 Å². The lowest BCUT2D eigenvalue weighted by Crippen LogP contribution is -1.97. The summed E-state index contributed by atoms with van der Waals surface area (Å²) in [6, 6.07) is 0. The molecule has 0 fully saturated rings. The Labute approximate surface area is 68.7 Å². The van der Waals surface area contributed by atoms with E-state index in [0.717, 1.165) is 0 Å². The van der Waals surface area contributed by atoms with Crippen LogP contribution >= 0.6 is 10.7 Å². The maximum atomic E-state index is 10.7. The molecule has 0 saturated carbocycles. The van der Waals surface area contributed by atoms with Crippen molar-refractivity contribution in [1.29, 1.82) is 0 Å². The summed E-state index contributed by atoms with van der Waals surface area (Å²) in [6.45, 7) is 1.55. The second-order valence-corrected chi connectivity index (χ2v) is 4.44. The van der Waals surface area contributed by atoms with Crippen LogP contribution in [-0.4, -0.2) is 18.4 Å². The van der Waals surface area contributed by atoms with Gasteiger partial charge in [-0.05, 0) is 6.92 Å². The Morgan fingerprint density at radius 2 is 2.18 bits per heavy atom. The number of hydrogen-bond acceptors (Lipinski definition) is 4. The molecule has 0 aliphatic carbocycles. The molecule has 0 saturated heterocycles. The van der Waals surface area contributed by atoms with Gasteiger partial charge in [-0.2, -0.15) is 0 Å². The van der Waals surface area contributed by atoms with E-state index in [1.54, 1.807) is 6.92 Å². The second kappa shape index (κ2) is 2.75. The van der Waals surface area contributed by atoms with Gasteiger partial charge in [-0.1, -0.05) is 0 Å². The van der Waals surface area contributed by atoms with E-state index in [9.17, 15) is 8.42 Å². The van der Waals surface area contributed by atoms with Crippen LogP contribution in [0.1, 0.15) is 5.69 Å². The molecule has 6 heteroatoms. The van der Waals surface area contributed by atoms with E-state index in [-0.39, 0.29) is 4.90 Å². The number of aryl methyl sites for hydroxylation is 1. The maximum absolute atomic E-state index is 10.7. The van der Waals surface area contributed by atoms with Crippen LogP contribution in [0.4, 0.5) is 0 Å². The zero-order chi connectivity index (χ0) is 8.48. The van der Waals surface area contributed by atoms with E-state index < -0.39 is 9.05 Å². The molecule has 0 aromatic carbocycles. The molecule has 0 N–H and O–H groups in total. The third-order valence-electron chi connectivity index (χ3n) is 1.13. The Balaban J connectivity index is 3.37. The minimum atomic E-state index is -3.69. The maximum Gasteiger partial charge on any atom is 0.264 e. The van der Waals surface area contributed by atoms with Crippen LogP contribution in [0.15, 0.2) is 17.4 Å². The number of halogens is 1. The first-order valence-corrected chi connectivity index (χ1v) is 5.04. The lowest BCUT2D eigenvalue weighted by molar-refractivity contribution is 0.608. The summed E-state index contributed by atoms with van der Waals surface area (Å²) in [4.78, 5) is 7.17. The van der Waals surface area contributed by atoms with Gasteiger partial charge in [0, 0.05) is 10.7 Å². The molecule has 0 bridgehead atoms. The summed E-state index contributed by atoms with van der Waals surface area (Å²) in [5, 5.41) is 0. The molecular weight excluding hydrogens is 188 g/mol. The third kappa shape index (κ3) is 1.87. The molecule has 1 heterocycles. The Morgan fingerprint density at radius 3 is 2.55 bits per heavy atom. The summed E-state index contributed by atoms with van der Waals surface area (Å²) >= 11 is 0. The SMILES string of the molecule is Cc1ncncc1S(=O)(=O)Cl. The van der Waals surface area contributed by atoms with Gasteiger partial charge in [-0.3, -0.25) is 0 Å². The van der Waals surface area contributed by atoms with Gasteiger partial charge in [0.2, 0.25) is 0 Å². The Kier molecular flexibility index (Phi) is 2.10. The fourth-order valence-electron chi connectivity index (χ4n) is 0.617. The zero-order valence-corrected chi connectivity index (χ0v) is 7.22. The molecule has 1 aromatic heterocycles. The van der Waals surface area contributed by atoms with E-state index in [4.69, 9.17) is 10.7 Å². The van der Waals surface area contributed by atoms with Crippen molar-refractivity contribution in [3.05, 3.63) is 18.2 Å². The largest absolute Gasteiger partial charge is 0.264 e. The molecule has 1 rings (SSSR count). The second-order valence-electron chi connectivity index (χ2n) is 1.91. The standard InChI is InChI=1S/C5H5ClN2O2S/c1-4-5(11(6,9)10)2-7-3-8-4/h2-3H,1H3. The molecule has 60 valence electrons. The van der Waals surface area contributed by atoms with E-state index in [1.165, 1.54) is 12.5 Å². The van der Waals surface area contributed by atoms with Crippen molar-refractivity contribution in [1.82, 2.24) is 9.97 Å². The zero-order valence-electron chi connectivity index (χ0n) is 5.65. The molecule has 1 aromatic rings. The molecule has 0 amide bonds. The van der Waals surface area contributed by atoms with Crippen molar-refractivity contribution >= 4 is 19.7 Å². The van der Waals surface area contributed by atoms with Gasteiger partial charge in [0.1, 0.15) is 11.2 Å². The first-order valence-electron chi connectivity index (χ1n) is 2.73. The molecule has 4 nitrogen and oxygen atoms in total. The fourth-order valence-corrected chi connectivity index (χ4v) is 1.66. The van der Waals surface area contributed by atoms with Crippen molar-refractivity contribution < 1.29 is 8.42 Å². The highest BCUT2D eigenvalue weighted by Crippen LogP contribution is 2.14. The van der Waals surface area contributed by atoms with Crippen molar-refractivity contribution in [3.63, 3.8) is 0 Å². The predicted molar refractivity (Wildman–Crippen MR) is 39.8 cm³/mol. The van der Waals surface area contributed by atoms with Crippen LogP contribution in [0.2, 0.25) is 0 Å². The van der Waals surface area contributed by atoms with Crippen LogP contribution in [0.5, 0.6) is 0 Å². The highest BCUT2D eigenvalue weighted by Gasteiger charge is 2.13. The Bertz CT molecular complexity index is 363. The van der Waals surface area contributed by atoms with E-state index in [0.29, 0.717) is 5.69 Å². The molecule has 0 aliphatic rings. The normalized spacial score (nSPS) is 11.5. The molecule has 0 spiro atoms.